The lowest BCUT2D eigenvalue weighted by Gasteiger charge is -2.09. The monoisotopic (exact) mass is 295 g/mol. The predicted octanol–water partition coefficient (Wildman–Crippen LogP) is 1.74. The number of nitrogens with zero attached hydrogens (tertiary/aromatic N) is 1. The first-order chi connectivity index (χ1) is 9.53. The molecule has 1 heterocycles. The van der Waals surface area contributed by atoms with Crippen molar-refractivity contribution in [1.82, 2.24) is 10.3 Å². The molecule has 2 rings (SSSR count). The van der Waals surface area contributed by atoms with Crippen LogP contribution in [0.1, 0.15) is 5.56 Å². The average Bonchev–Trinajstić information content (AvgIpc) is 2.42. The van der Waals surface area contributed by atoms with Crippen LogP contribution in [0.4, 0.5) is 10.1 Å². The number of pyridine rings is 1. The number of hydrogen-bond donors (Lipinski definition) is 2. The third-order valence-corrected chi connectivity index (χ3v) is 3.97. The molecule has 1 aromatic heterocycles. The lowest BCUT2D eigenvalue weighted by Crippen LogP contribution is -2.15. The number of sulfonamides is 1. The molecule has 0 bridgehead atoms. The first kappa shape index (κ1) is 14.4. The molecule has 0 atom stereocenters. The van der Waals surface area contributed by atoms with E-state index in [0.29, 0.717) is 6.54 Å². The zero-order chi connectivity index (χ0) is 14.6. The maximum Gasteiger partial charge on any atom is 0.261 e. The van der Waals surface area contributed by atoms with E-state index in [-0.39, 0.29) is 10.6 Å². The summed E-state index contributed by atoms with van der Waals surface area (Å²) in [6.07, 6.45) is 2.27. The van der Waals surface area contributed by atoms with E-state index in [1.54, 1.807) is 13.1 Å². The molecule has 0 spiro atoms. The van der Waals surface area contributed by atoms with Gasteiger partial charge in [-0.15, -0.1) is 0 Å². The minimum absolute atomic E-state index is 0.0847. The summed E-state index contributed by atoms with van der Waals surface area (Å²) in [7, 11) is -2.05. The number of rotatable bonds is 5. The van der Waals surface area contributed by atoms with E-state index in [1.165, 1.54) is 24.4 Å². The normalized spacial score (nSPS) is 11.3. The van der Waals surface area contributed by atoms with Crippen LogP contribution in [0.3, 0.4) is 0 Å². The largest absolute Gasteiger partial charge is 0.316 e. The Bertz CT molecular complexity index is 704. The van der Waals surface area contributed by atoms with Crippen LogP contribution >= 0.6 is 0 Å². The maximum absolute atomic E-state index is 13.4. The molecule has 0 aliphatic heterocycles. The Morgan fingerprint density at radius 1 is 1.30 bits per heavy atom. The first-order valence-corrected chi connectivity index (χ1v) is 7.37. The van der Waals surface area contributed by atoms with Gasteiger partial charge in [-0.25, -0.2) is 12.8 Å². The van der Waals surface area contributed by atoms with Crippen LogP contribution in [0.15, 0.2) is 47.6 Å². The highest BCUT2D eigenvalue weighted by Crippen LogP contribution is 2.18. The molecule has 2 N–H and O–H groups in total. The SMILES string of the molecule is CNCc1cccc(S(=O)(=O)Nc2ccncc2F)c1. The van der Waals surface area contributed by atoms with Crippen molar-refractivity contribution in [1.29, 1.82) is 0 Å². The molecule has 0 saturated heterocycles. The summed E-state index contributed by atoms with van der Waals surface area (Å²) in [5.74, 6) is -0.720. The van der Waals surface area contributed by atoms with E-state index in [4.69, 9.17) is 0 Å². The molecule has 0 amide bonds. The molecule has 20 heavy (non-hydrogen) atoms. The van der Waals surface area contributed by atoms with Crippen molar-refractivity contribution in [3.05, 3.63) is 54.1 Å². The molecule has 0 radical (unpaired) electrons. The summed E-state index contributed by atoms with van der Waals surface area (Å²) in [6, 6.07) is 7.72. The smallest absolute Gasteiger partial charge is 0.261 e. The van der Waals surface area contributed by atoms with Crippen LogP contribution in [0.2, 0.25) is 0 Å². The first-order valence-electron chi connectivity index (χ1n) is 5.89. The van der Waals surface area contributed by atoms with Crippen molar-refractivity contribution in [3.8, 4) is 0 Å². The van der Waals surface area contributed by atoms with Gasteiger partial charge in [0.1, 0.15) is 0 Å². The molecule has 0 fully saturated rings. The quantitative estimate of drug-likeness (QED) is 0.881. The lowest BCUT2D eigenvalue weighted by molar-refractivity contribution is 0.597. The van der Waals surface area contributed by atoms with Crippen LogP contribution in [0.25, 0.3) is 0 Å². The second-order valence-corrected chi connectivity index (χ2v) is 5.82. The second kappa shape index (κ2) is 5.98. The fraction of sp³-hybridized carbons (Fsp3) is 0.154. The van der Waals surface area contributed by atoms with Crippen LogP contribution in [0, 0.1) is 5.82 Å². The van der Waals surface area contributed by atoms with Crippen LogP contribution < -0.4 is 10.0 Å². The van der Waals surface area contributed by atoms with E-state index < -0.39 is 15.8 Å². The molecule has 0 unspecified atom stereocenters. The van der Waals surface area contributed by atoms with Crippen LogP contribution in [-0.4, -0.2) is 20.4 Å². The number of hydrogen-bond acceptors (Lipinski definition) is 4. The van der Waals surface area contributed by atoms with Gasteiger partial charge in [0, 0.05) is 12.7 Å². The highest BCUT2D eigenvalue weighted by molar-refractivity contribution is 7.92. The minimum Gasteiger partial charge on any atom is -0.316 e. The Hall–Kier alpha value is -1.99. The van der Waals surface area contributed by atoms with E-state index in [0.717, 1.165) is 11.8 Å². The lowest BCUT2D eigenvalue weighted by atomic mass is 10.2. The summed E-state index contributed by atoms with van der Waals surface area (Å²) in [6.45, 7) is 0.549. The average molecular weight is 295 g/mol. The highest BCUT2D eigenvalue weighted by atomic mass is 32.2. The van der Waals surface area contributed by atoms with Crippen molar-refractivity contribution in [2.24, 2.45) is 0 Å². The van der Waals surface area contributed by atoms with Crippen molar-refractivity contribution in [2.75, 3.05) is 11.8 Å². The Kier molecular flexibility index (Phi) is 4.31. The zero-order valence-electron chi connectivity index (χ0n) is 10.8. The summed E-state index contributed by atoms with van der Waals surface area (Å²) in [5.41, 5.74) is 0.699. The molecule has 2 aromatic rings. The van der Waals surface area contributed by atoms with Gasteiger partial charge in [0.25, 0.3) is 10.0 Å². The van der Waals surface area contributed by atoms with Crippen molar-refractivity contribution in [2.45, 2.75) is 11.4 Å². The number of benzene rings is 1. The molecule has 1 aromatic carbocycles. The van der Waals surface area contributed by atoms with Crippen molar-refractivity contribution >= 4 is 15.7 Å². The van der Waals surface area contributed by atoms with Gasteiger partial charge in [-0.05, 0) is 30.8 Å². The van der Waals surface area contributed by atoms with Gasteiger partial charge < -0.3 is 5.32 Å². The third kappa shape index (κ3) is 3.31. The Labute approximate surface area is 116 Å². The molecule has 0 aliphatic carbocycles. The van der Waals surface area contributed by atoms with Gasteiger partial charge >= 0.3 is 0 Å². The van der Waals surface area contributed by atoms with E-state index in [2.05, 4.69) is 15.0 Å². The molecule has 106 valence electrons. The van der Waals surface area contributed by atoms with Gasteiger partial charge in [-0.3, -0.25) is 9.71 Å². The maximum atomic E-state index is 13.4. The Morgan fingerprint density at radius 2 is 2.10 bits per heavy atom. The molecule has 0 aliphatic rings. The van der Waals surface area contributed by atoms with Gasteiger partial charge in [-0.2, -0.15) is 0 Å². The van der Waals surface area contributed by atoms with Crippen LogP contribution in [0.5, 0.6) is 0 Å². The van der Waals surface area contributed by atoms with Gasteiger partial charge in [-0.1, -0.05) is 12.1 Å². The standard InChI is InChI=1S/C13H14FN3O2S/c1-15-8-10-3-2-4-11(7-10)20(18,19)17-13-5-6-16-9-12(13)14/h2-7,9,15H,8H2,1H3,(H,16,17). The molecular formula is C13H14FN3O2S. The summed E-state index contributed by atoms with van der Waals surface area (Å²) in [4.78, 5) is 3.65. The van der Waals surface area contributed by atoms with E-state index in [9.17, 15) is 12.8 Å². The zero-order valence-corrected chi connectivity index (χ0v) is 11.6. The molecular weight excluding hydrogens is 281 g/mol. The fourth-order valence-electron chi connectivity index (χ4n) is 1.69. The van der Waals surface area contributed by atoms with Crippen molar-refractivity contribution in [3.63, 3.8) is 0 Å². The fourth-order valence-corrected chi connectivity index (χ4v) is 2.83. The van der Waals surface area contributed by atoms with Gasteiger partial charge in [0.05, 0.1) is 16.8 Å². The molecule has 0 saturated carbocycles. The highest BCUT2D eigenvalue weighted by Gasteiger charge is 2.16. The number of aromatic nitrogens is 1. The van der Waals surface area contributed by atoms with E-state index in [1.807, 2.05) is 6.07 Å². The number of anilines is 1. The summed E-state index contributed by atoms with van der Waals surface area (Å²) in [5, 5.41) is 2.94. The third-order valence-electron chi connectivity index (χ3n) is 2.61. The second-order valence-electron chi connectivity index (χ2n) is 4.14. The molecule has 5 nitrogen and oxygen atoms in total. The van der Waals surface area contributed by atoms with E-state index >= 15 is 0 Å². The minimum atomic E-state index is -3.82. The van der Waals surface area contributed by atoms with Gasteiger partial charge in [0.15, 0.2) is 5.82 Å². The van der Waals surface area contributed by atoms with Crippen LogP contribution in [-0.2, 0) is 16.6 Å². The Balaban J connectivity index is 2.31. The predicted molar refractivity (Wildman–Crippen MR) is 74.2 cm³/mol. The molecule has 7 heteroatoms. The number of nitrogens with one attached hydrogen (secondary N) is 2. The summed E-state index contributed by atoms with van der Waals surface area (Å²) >= 11 is 0. The Morgan fingerprint density at radius 3 is 2.80 bits per heavy atom. The summed E-state index contributed by atoms with van der Waals surface area (Å²) < 4.78 is 40.0. The van der Waals surface area contributed by atoms with Gasteiger partial charge in [0.2, 0.25) is 0 Å². The number of halogens is 1. The van der Waals surface area contributed by atoms with Crippen molar-refractivity contribution < 1.29 is 12.8 Å². The topological polar surface area (TPSA) is 71.1 Å².